The van der Waals surface area contributed by atoms with Crippen molar-refractivity contribution >= 4 is 29.1 Å². The quantitative estimate of drug-likeness (QED) is 0.730. The highest BCUT2D eigenvalue weighted by Crippen LogP contribution is 2.20. The maximum atomic E-state index is 6.03. The molecule has 27 heavy (non-hydrogen) atoms. The second-order valence-corrected chi connectivity index (χ2v) is 6.96. The molecule has 0 spiro atoms. The van der Waals surface area contributed by atoms with Crippen LogP contribution in [0.4, 0.5) is 17.5 Å². The van der Waals surface area contributed by atoms with Crippen LogP contribution >= 0.6 is 11.6 Å². The molecule has 0 bridgehead atoms. The minimum atomic E-state index is 0.654. The van der Waals surface area contributed by atoms with E-state index >= 15 is 0 Å². The van der Waals surface area contributed by atoms with Crippen LogP contribution in [-0.4, -0.2) is 46.3 Å². The van der Waals surface area contributed by atoms with Gasteiger partial charge in [0.1, 0.15) is 0 Å². The molecule has 0 unspecified atom stereocenters. The molecule has 0 radical (unpaired) electrons. The van der Waals surface area contributed by atoms with Gasteiger partial charge in [0.05, 0.1) is 6.20 Å². The average Bonchev–Trinajstić information content (AvgIpc) is 2.70. The van der Waals surface area contributed by atoms with E-state index in [1.165, 1.54) is 5.56 Å². The number of nitrogens with zero attached hydrogens (tertiary/aromatic N) is 5. The smallest absolute Gasteiger partial charge is 0.247 e. The first-order valence-electron chi connectivity index (χ1n) is 9.00. The summed E-state index contributed by atoms with van der Waals surface area (Å²) < 4.78 is 0. The number of hydrogen-bond donors (Lipinski definition) is 1. The van der Waals surface area contributed by atoms with E-state index in [-0.39, 0.29) is 0 Å². The molecule has 1 N–H and O–H groups in total. The van der Waals surface area contributed by atoms with Gasteiger partial charge in [-0.05, 0) is 23.8 Å². The van der Waals surface area contributed by atoms with Crippen molar-refractivity contribution in [1.82, 2.24) is 20.1 Å². The summed E-state index contributed by atoms with van der Waals surface area (Å²) in [5.74, 6) is 1.32. The zero-order valence-corrected chi connectivity index (χ0v) is 15.7. The lowest BCUT2D eigenvalue weighted by Gasteiger charge is -2.34. The Morgan fingerprint density at radius 3 is 2.56 bits per heavy atom. The molecule has 6 nitrogen and oxygen atoms in total. The van der Waals surface area contributed by atoms with Gasteiger partial charge >= 0.3 is 0 Å². The maximum absolute atomic E-state index is 6.03. The Labute approximate surface area is 163 Å². The lowest BCUT2D eigenvalue weighted by molar-refractivity contribution is 0.248. The van der Waals surface area contributed by atoms with Gasteiger partial charge in [-0.3, -0.25) is 4.90 Å². The number of aromatic nitrogens is 3. The molecule has 0 aliphatic carbocycles. The van der Waals surface area contributed by atoms with Crippen LogP contribution in [0.25, 0.3) is 0 Å². The first-order chi connectivity index (χ1) is 13.3. The molecule has 0 amide bonds. The van der Waals surface area contributed by atoms with Gasteiger partial charge in [0.25, 0.3) is 0 Å². The highest BCUT2D eigenvalue weighted by atomic mass is 35.5. The van der Waals surface area contributed by atoms with Crippen molar-refractivity contribution in [2.24, 2.45) is 0 Å². The summed E-state index contributed by atoms with van der Waals surface area (Å²) in [6.45, 7) is 4.70. The first kappa shape index (κ1) is 17.7. The van der Waals surface area contributed by atoms with Gasteiger partial charge in [0.2, 0.25) is 5.95 Å². The number of rotatable bonds is 5. The fourth-order valence-electron chi connectivity index (χ4n) is 3.15. The molecule has 4 rings (SSSR count). The Kier molecular flexibility index (Phi) is 5.46. The standard InChI is InChI=1S/C20H21ClN6/c21-17-7-4-8-18(13-17)23-19-14-22-25-20(24-19)27-11-9-26(10-12-27)15-16-5-2-1-3-6-16/h1-8,13-14H,9-12,15H2,(H,23,24,25). The van der Waals surface area contributed by atoms with E-state index in [2.05, 4.69) is 60.6 Å². The number of benzene rings is 2. The van der Waals surface area contributed by atoms with Gasteiger partial charge in [-0.15, -0.1) is 5.10 Å². The summed E-state index contributed by atoms with van der Waals surface area (Å²) >= 11 is 6.03. The molecule has 0 atom stereocenters. The van der Waals surface area contributed by atoms with Crippen molar-refractivity contribution in [1.29, 1.82) is 0 Å². The Morgan fingerprint density at radius 2 is 1.78 bits per heavy atom. The van der Waals surface area contributed by atoms with E-state index in [9.17, 15) is 0 Å². The summed E-state index contributed by atoms with van der Waals surface area (Å²) in [4.78, 5) is 9.24. The second kappa shape index (κ2) is 8.33. The van der Waals surface area contributed by atoms with Crippen LogP contribution in [0.1, 0.15) is 5.56 Å². The van der Waals surface area contributed by atoms with Gasteiger partial charge in [-0.25, -0.2) is 0 Å². The molecule has 3 aromatic rings. The van der Waals surface area contributed by atoms with Gasteiger partial charge < -0.3 is 10.2 Å². The maximum Gasteiger partial charge on any atom is 0.247 e. The van der Waals surface area contributed by atoms with E-state index in [0.29, 0.717) is 16.8 Å². The van der Waals surface area contributed by atoms with Crippen LogP contribution < -0.4 is 10.2 Å². The predicted molar refractivity (Wildman–Crippen MR) is 108 cm³/mol. The van der Waals surface area contributed by atoms with Crippen molar-refractivity contribution < 1.29 is 0 Å². The number of anilines is 3. The molecule has 7 heteroatoms. The summed E-state index contributed by atoms with van der Waals surface area (Å²) in [7, 11) is 0. The molecule has 2 aromatic carbocycles. The number of piperazine rings is 1. The summed E-state index contributed by atoms with van der Waals surface area (Å²) in [5.41, 5.74) is 2.22. The second-order valence-electron chi connectivity index (χ2n) is 6.53. The number of hydrogen-bond acceptors (Lipinski definition) is 6. The van der Waals surface area contributed by atoms with Gasteiger partial charge in [0.15, 0.2) is 5.82 Å². The summed E-state index contributed by atoms with van der Waals surface area (Å²) in [6, 6.07) is 18.1. The van der Waals surface area contributed by atoms with Gasteiger partial charge in [0, 0.05) is 43.4 Å². The van der Waals surface area contributed by atoms with Crippen LogP contribution in [0.5, 0.6) is 0 Å². The van der Waals surface area contributed by atoms with Crippen LogP contribution in [0.15, 0.2) is 60.8 Å². The molecular weight excluding hydrogens is 360 g/mol. The molecule has 1 aromatic heterocycles. The van der Waals surface area contributed by atoms with Gasteiger partial charge in [-0.2, -0.15) is 10.1 Å². The van der Waals surface area contributed by atoms with Crippen molar-refractivity contribution in [3.8, 4) is 0 Å². The number of halogens is 1. The summed E-state index contributed by atoms with van der Waals surface area (Å²) in [6.07, 6.45) is 1.62. The van der Waals surface area contributed by atoms with Crippen LogP contribution in [0, 0.1) is 0 Å². The minimum absolute atomic E-state index is 0.654. The Hall–Kier alpha value is -2.70. The highest BCUT2D eigenvalue weighted by molar-refractivity contribution is 6.30. The molecule has 2 heterocycles. The van der Waals surface area contributed by atoms with E-state index < -0.39 is 0 Å². The van der Waals surface area contributed by atoms with Crippen LogP contribution in [0.2, 0.25) is 5.02 Å². The normalized spacial score (nSPS) is 14.9. The summed E-state index contributed by atoms with van der Waals surface area (Å²) in [5, 5.41) is 12.2. The zero-order chi connectivity index (χ0) is 18.5. The predicted octanol–water partition coefficient (Wildman–Crippen LogP) is 3.59. The van der Waals surface area contributed by atoms with Crippen LogP contribution in [-0.2, 0) is 6.54 Å². The molecule has 1 saturated heterocycles. The third-order valence-corrected chi connectivity index (χ3v) is 4.78. The Balaban J connectivity index is 1.37. The zero-order valence-electron chi connectivity index (χ0n) is 14.9. The van der Waals surface area contributed by atoms with Gasteiger partial charge in [-0.1, -0.05) is 48.0 Å². The van der Waals surface area contributed by atoms with E-state index in [1.54, 1.807) is 6.20 Å². The van der Waals surface area contributed by atoms with E-state index in [1.807, 2.05) is 24.3 Å². The monoisotopic (exact) mass is 380 g/mol. The van der Waals surface area contributed by atoms with E-state index in [4.69, 9.17) is 11.6 Å². The Morgan fingerprint density at radius 1 is 0.963 bits per heavy atom. The third kappa shape index (κ3) is 4.72. The van der Waals surface area contributed by atoms with E-state index in [0.717, 1.165) is 38.4 Å². The largest absolute Gasteiger partial charge is 0.339 e. The molecule has 1 aliphatic heterocycles. The minimum Gasteiger partial charge on any atom is -0.339 e. The fraction of sp³-hybridized carbons (Fsp3) is 0.250. The fourth-order valence-corrected chi connectivity index (χ4v) is 3.34. The van der Waals surface area contributed by atoms with Crippen molar-refractivity contribution in [2.45, 2.75) is 6.54 Å². The first-order valence-corrected chi connectivity index (χ1v) is 9.37. The molecule has 138 valence electrons. The number of nitrogens with one attached hydrogen (secondary N) is 1. The average molecular weight is 381 g/mol. The molecule has 0 saturated carbocycles. The Bertz CT molecular complexity index is 880. The van der Waals surface area contributed by atoms with Crippen molar-refractivity contribution in [3.63, 3.8) is 0 Å². The highest BCUT2D eigenvalue weighted by Gasteiger charge is 2.19. The van der Waals surface area contributed by atoms with Crippen molar-refractivity contribution in [3.05, 3.63) is 71.4 Å². The molecule has 1 fully saturated rings. The lowest BCUT2D eigenvalue weighted by atomic mass is 10.2. The topological polar surface area (TPSA) is 57.2 Å². The SMILES string of the molecule is Clc1cccc(Nc2cnnc(N3CCN(Cc4ccccc4)CC3)n2)c1. The lowest BCUT2D eigenvalue weighted by Crippen LogP contribution is -2.46. The molecular formula is C20H21ClN6. The van der Waals surface area contributed by atoms with Crippen LogP contribution in [0.3, 0.4) is 0 Å². The molecule has 1 aliphatic rings. The third-order valence-electron chi connectivity index (χ3n) is 4.55. The van der Waals surface area contributed by atoms with Crippen molar-refractivity contribution in [2.75, 3.05) is 36.4 Å².